The molecule has 2 aromatic carbocycles. The molecule has 0 unspecified atom stereocenters. The third-order valence-corrected chi connectivity index (χ3v) is 6.76. The van der Waals surface area contributed by atoms with Crippen LogP contribution in [-0.4, -0.2) is 28.9 Å². The molecule has 1 atom stereocenters. The number of ether oxygens (including phenoxy) is 1. The van der Waals surface area contributed by atoms with E-state index in [1.54, 1.807) is 31.4 Å². The van der Waals surface area contributed by atoms with Crippen LogP contribution in [0.4, 0.5) is 5.13 Å². The number of aryl methyl sites for hydroxylation is 2. The Kier molecular flexibility index (Phi) is 5.68. The zero-order chi connectivity index (χ0) is 22.3. The van der Waals surface area contributed by atoms with Gasteiger partial charge in [-0.05, 0) is 55.8 Å². The van der Waals surface area contributed by atoms with Crippen molar-refractivity contribution in [1.82, 2.24) is 4.98 Å². The van der Waals surface area contributed by atoms with Crippen LogP contribution >= 0.6 is 27.3 Å². The Labute approximate surface area is 191 Å². The largest absolute Gasteiger partial charge is 0.507 e. The highest BCUT2D eigenvalue weighted by Gasteiger charge is 2.48. The zero-order valence-corrected chi connectivity index (χ0v) is 19.5. The van der Waals surface area contributed by atoms with Crippen molar-refractivity contribution in [3.63, 3.8) is 0 Å². The Hall–Kier alpha value is -2.97. The van der Waals surface area contributed by atoms with Gasteiger partial charge in [0.2, 0.25) is 0 Å². The van der Waals surface area contributed by atoms with Gasteiger partial charge in [0.25, 0.3) is 5.78 Å². The van der Waals surface area contributed by atoms with Crippen LogP contribution in [0.1, 0.15) is 27.7 Å². The number of aromatic nitrogens is 1. The van der Waals surface area contributed by atoms with Crippen LogP contribution in [0.15, 0.2) is 58.6 Å². The first-order valence-corrected chi connectivity index (χ1v) is 11.1. The molecule has 1 aliphatic heterocycles. The predicted octanol–water partition coefficient (Wildman–Crippen LogP) is 5.16. The molecule has 1 saturated heterocycles. The van der Waals surface area contributed by atoms with Gasteiger partial charge >= 0.3 is 5.91 Å². The first-order valence-electron chi connectivity index (χ1n) is 9.46. The third kappa shape index (κ3) is 3.77. The van der Waals surface area contributed by atoms with Gasteiger partial charge in [-0.3, -0.25) is 14.5 Å². The Bertz CT molecular complexity index is 1200. The molecule has 0 radical (unpaired) electrons. The molecular formula is C23H19BrN2O4S. The van der Waals surface area contributed by atoms with Crippen molar-refractivity contribution in [3.05, 3.63) is 80.3 Å². The second kappa shape index (κ2) is 8.28. The first kappa shape index (κ1) is 21.3. The fourth-order valence-corrected chi connectivity index (χ4v) is 4.84. The number of ketones is 1. The van der Waals surface area contributed by atoms with Gasteiger partial charge in [0, 0.05) is 14.9 Å². The minimum absolute atomic E-state index is 0.0266. The lowest BCUT2D eigenvalue weighted by Crippen LogP contribution is -2.29. The van der Waals surface area contributed by atoms with Crippen LogP contribution in [0.25, 0.3) is 5.76 Å². The van der Waals surface area contributed by atoms with Crippen molar-refractivity contribution in [3.8, 4) is 5.75 Å². The number of Topliss-reactive ketones (excluding diaryl/α,β-unsaturated/α-hetero) is 1. The number of anilines is 1. The van der Waals surface area contributed by atoms with Gasteiger partial charge in [0.1, 0.15) is 11.5 Å². The number of methoxy groups -OCH3 is 1. The Morgan fingerprint density at radius 2 is 1.87 bits per heavy atom. The summed E-state index contributed by atoms with van der Waals surface area (Å²) in [5, 5.41) is 11.5. The van der Waals surface area contributed by atoms with Crippen molar-refractivity contribution in [2.45, 2.75) is 19.9 Å². The molecule has 1 fully saturated rings. The lowest BCUT2D eigenvalue weighted by Gasteiger charge is -2.23. The number of halogens is 1. The average molecular weight is 499 g/mol. The molecule has 1 aromatic heterocycles. The molecule has 8 heteroatoms. The number of rotatable bonds is 4. The molecule has 6 nitrogen and oxygen atoms in total. The summed E-state index contributed by atoms with van der Waals surface area (Å²) in [6.07, 6.45) is 0. The molecule has 1 aliphatic rings. The number of aliphatic hydroxyl groups excluding tert-OH is 1. The maximum atomic E-state index is 13.1. The third-order valence-electron chi connectivity index (χ3n) is 5.20. The number of aliphatic hydroxyl groups is 1. The molecule has 2 heterocycles. The van der Waals surface area contributed by atoms with E-state index in [-0.39, 0.29) is 11.3 Å². The first-order chi connectivity index (χ1) is 14.8. The maximum absolute atomic E-state index is 13.1. The van der Waals surface area contributed by atoms with Crippen LogP contribution < -0.4 is 9.64 Å². The zero-order valence-electron chi connectivity index (χ0n) is 17.0. The highest BCUT2D eigenvalue weighted by Crippen LogP contribution is 2.44. The number of hydrogen-bond donors (Lipinski definition) is 1. The fourth-order valence-electron chi connectivity index (χ4n) is 3.49. The van der Waals surface area contributed by atoms with E-state index >= 15 is 0 Å². The van der Waals surface area contributed by atoms with Crippen LogP contribution in [0.5, 0.6) is 5.75 Å². The molecule has 0 aliphatic carbocycles. The summed E-state index contributed by atoms with van der Waals surface area (Å²) in [7, 11) is 1.55. The van der Waals surface area contributed by atoms with E-state index in [0.717, 1.165) is 15.0 Å². The number of thiazole rings is 1. The molecule has 0 bridgehead atoms. The highest BCUT2D eigenvalue weighted by atomic mass is 79.9. The van der Waals surface area contributed by atoms with Crippen LogP contribution in [0.2, 0.25) is 0 Å². The Balaban J connectivity index is 1.93. The molecule has 31 heavy (non-hydrogen) atoms. The second-order valence-corrected chi connectivity index (χ2v) is 9.19. The van der Waals surface area contributed by atoms with Gasteiger partial charge < -0.3 is 9.84 Å². The van der Waals surface area contributed by atoms with E-state index in [1.165, 1.54) is 16.2 Å². The van der Waals surface area contributed by atoms with Gasteiger partial charge in [-0.1, -0.05) is 28.1 Å². The number of nitrogens with zero attached hydrogens (tertiary/aromatic N) is 2. The molecule has 4 rings (SSSR count). The van der Waals surface area contributed by atoms with Crippen LogP contribution in [0, 0.1) is 13.8 Å². The maximum Gasteiger partial charge on any atom is 0.301 e. The lowest BCUT2D eigenvalue weighted by atomic mass is 9.95. The average Bonchev–Trinajstić information content (AvgIpc) is 3.23. The van der Waals surface area contributed by atoms with Gasteiger partial charge in [-0.15, -0.1) is 11.3 Å². The molecule has 1 N–H and O–H groups in total. The summed E-state index contributed by atoms with van der Waals surface area (Å²) >= 11 is 4.80. The Morgan fingerprint density at radius 1 is 1.16 bits per heavy atom. The van der Waals surface area contributed by atoms with Gasteiger partial charge in [0.05, 0.1) is 24.4 Å². The molecule has 0 spiro atoms. The molecule has 3 aromatic rings. The lowest BCUT2D eigenvalue weighted by molar-refractivity contribution is -0.132. The summed E-state index contributed by atoms with van der Waals surface area (Å²) in [5.41, 5.74) is 1.93. The minimum Gasteiger partial charge on any atom is -0.507 e. The standard InChI is InChI=1S/C23H19BrN2O4S/c1-12-13(2)31-23(25-12)26-19(15-5-4-6-16(24)11-15)18(21(28)22(26)29)20(27)14-7-9-17(30-3)10-8-14/h4-11,19,27H,1-3H3/b20-18+/t19-/m0/s1. The Morgan fingerprint density at radius 3 is 2.45 bits per heavy atom. The highest BCUT2D eigenvalue weighted by molar-refractivity contribution is 9.10. The van der Waals surface area contributed by atoms with Crippen molar-refractivity contribution in [2.75, 3.05) is 12.0 Å². The number of carbonyl (C=O) groups excluding carboxylic acids is 2. The van der Waals surface area contributed by atoms with Gasteiger partial charge in [-0.25, -0.2) is 4.98 Å². The summed E-state index contributed by atoms with van der Waals surface area (Å²) in [6, 6.07) is 13.2. The summed E-state index contributed by atoms with van der Waals surface area (Å²) in [6.45, 7) is 3.77. The van der Waals surface area contributed by atoms with E-state index in [0.29, 0.717) is 22.0 Å². The van der Waals surface area contributed by atoms with Crippen LogP contribution in [-0.2, 0) is 9.59 Å². The summed E-state index contributed by atoms with van der Waals surface area (Å²) < 4.78 is 5.96. The van der Waals surface area contributed by atoms with E-state index in [2.05, 4.69) is 20.9 Å². The van der Waals surface area contributed by atoms with Crippen LogP contribution in [0.3, 0.4) is 0 Å². The van der Waals surface area contributed by atoms with Gasteiger partial charge in [0.15, 0.2) is 5.13 Å². The van der Waals surface area contributed by atoms with Crippen molar-refractivity contribution < 1.29 is 19.4 Å². The van der Waals surface area contributed by atoms with E-state index in [4.69, 9.17) is 4.74 Å². The number of amides is 1. The van der Waals surface area contributed by atoms with E-state index < -0.39 is 17.7 Å². The normalized spacial score (nSPS) is 17.9. The monoisotopic (exact) mass is 498 g/mol. The quantitative estimate of drug-likeness (QED) is 0.305. The van der Waals surface area contributed by atoms with Crippen molar-refractivity contribution in [1.29, 1.82) is 0 Å². The predicted molar refractivity (Wildman–Crippen MR) is 124 cm³/mol. The van der Waals surface area contributed by atoms with E-state index in [1.807, 2.05) is 38.1 Å². The molecule has 1 amide bonds. The second-order valence-electron chi connectivity index (χ2n) is 7.09. The van der Waals surface area contributed by atoms with Crippen molar-refractivity contribution >= 4 is 49.8 Å². The topological polar surface area (TPSA) is 79.7 Å². The minimum atomic E-state index is -0.801. The molecular weight excluding hydrogens is 480 g/mol. The smallest absolute Gasteiger partial charge is 0.301 e. The molecule has 0 saturated carbocycles. The summed E-state index contributed by atoms with van der Waals surface area (Å²) in [5.74, 6) is -1.08. The summed E-state index contributed by atoms with van der Waals surface area (Å²) in [4.78, 5) is 33.1. The number of hydrogen-bond acceptors (Lipinski definition) is 6. The number of carbonyl (C=O) groups is 2. The number of benzene rings is 2. The van der Waals surface area contributed by atoms with Crippen molar-refractivity contribution in [2.24, 2.45) is 0 Å². The molecule has 158 valence electrons. The SMILES string of the molecule is COc1ccc(/C(O)=C2\C(=O)C(=O)N(c3nc(C)c(C)s3)[C@H]2c2cccc(Br)c2)cc1. The fraction of sp³-hybridized carbons (Fsp3) is 0.174. The van der Waals surface area contributed by atoms with Gasteiger partial charge in [-0.2, -0.15) is 0 Å². The van der Waals surface area contributed by atoms with E-state index in [9.17, 15) is 14.7 Å².